The second-order valence-electron chi connectivity index (χ2n) is 8.55. The van der Waals surface area contributed by atoms with Gasteiger partial charge in [0.1, 0.15) is 24.7 Å². The number of hydrogen-bond acceptors (Lipinski definition) is 2. The molecule has 2 aromatic rings. The van der Waals surface area contributed by atoms with Crippen LogP contribution in [0.1, 0.15) is 52.2 Å². The van der Waals surface area contributed by atoms with Crippen LogP contribution in [-0.2, 0) is 5.41 Å². The number of ether oxygens (including phenoxy) is 2. The van der Waals surface area contributed by atoms with E-state index in [0.29, 0.717) is 13.2 Å². The van der Waals surface area contributed by atoms with Crippen LogP contribution in [0.5, 0.6) is 11.5 Å². The molecule has 0 atom stereocenters. The van der Waals surface area contributed by atoms with E-state index in [-0.39, 0.29) is 10.8 Å². The van der Waals surface area contributed by atoms with Crippen molar-refractivity contribution in [3.05, 3.63) is 59.7 Å². The summed E-state index contributed by atoms with van der Waals surface area (Å²) in [5.74, 6) is 1.81. The fourth-order valence-corrected chi connectivity index (χ4v) is 3.44. The Balaban J connectivity index is 1.97. The van der Waals surface area contributed by atoms with Crippen LogP contribution in [-0.4, -0.2) is 13.2 Å². The second kappa shape index (κ2) is 7.95. The largest absolute Gasteiger partial charge is 0.490 e. The van der Waals surface area contributed by atoms with Crippen molar-refractivity contribution in [2.75, 3.05) is 13.2 Å². The maximum Gasteiger partial charge on any atom is 0.123 e. The minimum Gasteiger partial charge on any atom is -0.490 e. The summed E-state index contributed by atoms with van der Waals surface area (Å²) in [5, 5.41) is 0. The van der Waals surface area contributed by atoms with E-state index in [1.807, 2.05) is 24.3 Å². The molecule has 0 spiro atoms. The molecular weight excluding hydrogens is 308 g/mol. The van der Waals surface area contributed by atoms with Gasteiger partial charge in [-0.1, -0.05) is 58.4 Å². The molecule has 0 fully saturated rings. The molecule has 0 saturated heterocycles. The summed E-state index contributed by atoms with van der Waals surface area (Å²) in [6.07, 6.45) is 1.08. The molecule has 25 heavy (non-hydrogen) atoms. The van der Waals surface area contributed by atoms with Gasteiger partial charge in [0, 0.05) is 5.56 Å². The van der Waals surface area contributed by atoms with Gasteiger partial charge in [0.15, 0.2) is 0 Å². The fraction of sp³-hybridized carbons (Fsp3) is 0.478. The molecule has 0 unspecified atom stereocenters. The Morgan fingerprint density at radius 2 is 1.52 bits per heavy atom. The van der Waals surface area contributed by atoms with Crippen LogP contribution < -0.4 is 9.47 Å². The number of hydrogen-bond donors (Lipinski definition) is 0. The van der Waals surface area contributed by atoms with Crippen molar-refractivity contribution >= 4 is 0 Å². The molecule has 0 amide bonds. The Kier molecular flexibility index (Phi) is 6.16. The highest BCUT2D eigenvalue weighted by molar-refractivity contribution is 5.38. The van der Waals surface area contributed by atoms with E-state index in [4.69, 9.17) is 9.47 Å². The summed E-state index contributed by atoms with van der Waals surface area (Å²) in [6.45, 7) is 14.5. The zero-order valence-corrected chi connectivity index (χ0v) is 16.5. The van der Waals surface area contributed by atoms with Crippen molar-refractivity contribution in [2.45, 2.75) is 53.4 Å². The number of rotatable bonds is 7. The molecule has 0 heterocycles. The Bertz CT molecular complexity index is 663. The van der Waals surface area contributed by atoms with E-state index in [9.17, 15) is 0 Å². The smallest absolute Gasteiger partial charge is 0.123 e. The summed E-state index contributed by atoms with van der Waals surface area (Å²) in [6, 6.07) is 17.3. The van der Waals surface area contributed by atoms with Gasteiger partial charge in [0.05, 0.1) is 0 Å². The first kappa shape index (κ1) is 19.4. The van der Waals surface area contributed by atoms with Crippen LogP contribution in [0.25, 0.3) is 0 Å². The maximum absolute atomic E-state index is 6.04. The van der Waals surface area contributed by atoms with Crippen LogP contribution in [0, 0.1) is 18.4 Å². The van der Waals surface area contributed by atoms with Crippen LogP contribution in [0.4, 0.5) is 0 Å². The van der Waals surface area contributed by atoms with Crippen molar-refractivity contribution in [3.8, 4) is 11.5 Å². The van der Waals surface area contributed by atoms with E-state index in [1.165, 1.54) is 11.1 Å². The SMILES string of the molecule is Cc1ccc(OCCOc2cc[c]cc2C(C)(C)CC(C)(C)C)cc1. The van der Waals surface area contributed by atoms with Crippen molar-refractivity contribution < 1.29 is 9.47 Å². The molecular formula is C23H31O2. The summed E-state index contributed by atoms with van der Waals surface area (Å²) >= 11 is 0. The van der Waals surface area contributed by atoms with Crippen molar-refractivity contribution in [3.63, 3.8) is 0 Å². The third-order valence-electron chi connectivity index (χ3n) is 4.16. The third kappa shape index (κ3) is 6.12. The van der Waals surface area contributed by atoms with E-state index >= 15 is 0 Å². The summed E-state index contributed by atoms with van der Waals surface area (Å²) in [5.41, 5.74) is 2.73. The Morgan fingerprint density at radius 3 is 2.16 bits per heavy atom. The minimum atomic E-state index is 0.0309. The normalized spacial score (nSPS) is 12.1. The first-order valence-electron chi connectivity index (χ1n) is 9.00. The lowest BCUT2D eigenvalue weighted by Crippen LogP contribution is -2.25. The molecule has 0 N–H and O–H groups in total. The fourth-order valence-electron chi connectivity index (χ4n) is 3.44. The predicted octanol–water partition coefficient (Wildman–Crippen LogP) is 5.97. The van der Waals surface area contributed by atoms with E-state index in [2.05, 4.69) is 65.8 Å². The van der Waals surface area contributed by atoms with Crippen molar-refractivity contribution in [2.24, 2.45) is 5.41 Å². The monoisotopic (exact) mass is 339 g/mol. The van der Waals surface area contributed by atoms with Gasteiger partial charge in [0.2, 0.25) is 0 Å². The van der Waals surface area contributed by atoms with Gasteiger partial charge in [-0.3, -0.25) is 0 Å². The second-order valence-corrected chi connectivity index (χ2v) is 8.55. The zero-order chi connectivity index (χ0) is 18.5. The summed E-state index contributed by atoms with van der Waals surface area (Å²) in [4.78, 5) is 0. The minimum absolute atomic E-state index is 0.0309. The quantitative estimate of drug-likeness (QED) is 0.579. The van der Waals surface area contributed by atoms with Gasteiger partial charge in [-0.05, 0) is 54.5 Å². The molecule has 0 bridgehead atoms. The van der Waals surface area contributed by atoms with Crippen LogP contribution in [0.3, 0.4) is 0 Å². The van der Waals surface area contributed by atoms with Gasteiger partial charge in [-0.25, -0.2) is 0 Å². The highest BCUT2D eigenvalue weighted by Gasteiger charge is 2.29. The lowest BCUT2D eigenvalue weighted by molar-refractivity contribution is 0.210. The number of benzene rings is 2. The molecule has 1 radical (unpaired) electrons. The zero-order valence-electron chi connectivity index (χ0n) is 16.5. The third-order valence-corrected chi connectivity index (χ3v) is 4.16. The van der Waals surface area contributed by atoms with Gasteiger partial charge in [-0.15, -0.1) is 0 Å². The molecule has 2 nitrogen and oxygen atoms in total. The molecule has 135 valence electrons. The van der Waals surface area contributed by atoms with Crippen molar-refractivity contribution in [1.29, 1.82) is 0 Å². The topological polar surface area (TPSA) is 18.5 Å². The molecule has 0 aliphatic carbocycles. The Hall–Kier alpha value is -1.96. The van der Waals surface area contributed by atoms with Crippen molar-refractivity contribution in [1.82, 2.24) is 0 Å². The highest BCUT2D eigenvalue weighted by atomic mass is 16.5. The van der Waals surface area contributed by atoms with Gasteiger partial charge in [-0.2, -0.15) is 0 Å². The highest BCUT2D eigenvalue weighted by Crippen LogP contribution is 2.40. The molecule has 0 aliphatic rings. The Morgan fingerprint density at radius 1 is 0.880 bits per heavy atom. The number of aryl methyl sites for hydroxylation is 1. The molecule has 0 saturated carbocycles. The summed E-state index contributed by atoms with van der Waals surface area (Å²) < 4.78 is 11.8. The van der Waals surface area contributed by atoms with Crippen LogP contribution in [0.15, 0.2) is 42.5 Å². The summed E-state index contributed by atoms with van der Waals surface area (Å²) in [7, 11) is 0. The average Bonchev–Trinajstić information content (AvgIpc) is 2.51. The van der Waals surface area contributed by atoms with E-state index < -0.39 is 0 Å². The van der Waals surface area contributed by atoms with Gasteiger partial charge < -0.3 is 9.47 Å². The molecule has 2 rings (SSSR count). The molecule has 0 aliphatic heterocycles. The molecule has 0 aromatic heterocycles. The molecule has 2 heteroatoms. The maximum atomic E-state index is 6.04. The Labute approximate surface area is 153 Å². The standard InChI is InChI=1S/C23H31O2/c1-18-11-13-19(14-12-18)24-15-16-25-21-10-8-7-9-20(21)23(5,6)17-22(2,3)4/h8-14H,15-17H2,1-6H3. The van der Waals surface area contributed by atoms with Gasteiger partial charge >= 0.3 is 0 Å². The van der Waals surface area contributed by atoms with Crippen LogP contribution in [0.2, 0.25) is 0 Å². The van der Waals surface area contributed by atoms with E-state index in [0.717, 1.165) is 17.9 Å². The van der Waals surface area contributed by atoms with Gasteiger partial charge in [0.25, 0.3) is 0 Å². The lowest BCUT2D eigenvalue weighted by Gasteiger charge is -2.34. The first-order chi connectivity index (χ1) is 11.7. The molecule has 2 aromatic carbocycles. The lowest BCUT2D eigenvalue weighted by atomic mass is 9.72. The first-order valence-corrected chi connectivity index (χ1v) is 9.00. The predicted molar refractivity (Wildman–Crippen MR) is 105 cm³/mol. The van der Waals surface area contributed by atoms with E-state index in [1.54, 1.807) is 0 Å². The van der Waals surface area contributed by atoms with Crippen LogP contribution >= 0.6 is 0 Å². The average molecular weight is 339 g/mol.